The maximum Gasteiger partial charge on any atom is 0.164 e. The van der Waals surface area contributed by atoms with Crippen LogP contribution in [0.4, 0.5) is 0 Å². The molecule has 0 radical (unpaired) electrons. The molecule has 0 aliphatic carbocycles. The first-order valence-electron chi connectivity index (χ1n) is 7.25. The lowest BCUT2D eigenvalue weighted by Crippen LogP contribution is -2.42. The molecule has 1 atom stereocenters. The third-order valence-corrected chi connectivity index (χ3v) is 4.43. The van der Waals surface area contributed by atoms with Crippen LogP contribution >= 0.6 is 0 Å². The third-order valence-electron chi connectivity index (χ3n) is 4.43. The summed E-state index contributed by atoms with van der Waals surface area (Å²) in [7, 11) is 5.30. The summed E-state index contributed by atoms with van der Waals surface area (Å²) in [5.41, 5.74) is 1.04. The quantitative estimate of drug-likeness (QED) is 0.897. The van der Waals surface area contributed by atoms with E-state index in [0.29, 0.717) is 5.75 Å². The minimum atomic E-state index is -0.0969. The van der Waals surface area contributed by atoms with E-state index in [2.05, 4.69) is 19.2 Å². The topological polar surface area (TPSA) is 39.7 Å². The van der Waals surface area contributed by atoms with E-state index in [9.17, 15) is 0 Å². The van der Waals surface area contributed by atoms with Crippen molar-refractivity contribution in [2.24, 2.45) is 0 Å². The number of methoxy groups -OCH3 is 2. The fourth-order valence-corrected chi connectivity index (χ4v) is 2.93. The summed E-state index contributed by atoms with van der Waals surface area (Å²) in [6, 6.07) is 4.24. The van der Waals surface area contributed by atoms with Crippen LogP contribution in [-0.4, -0.2) is 26.9 Å². The van der Waals surface area contributed by atoms with Gasteiger partial charge in [0, 0.05) is 24.1 Å². The van der Waals surface area contributed by atoms with Crippen molar-refractivity contribution in [1.29, 1.82) is 0 Å². The highest BCUT2D eigenvalue weighted by molar-refractivity contribution is 5.53. The fourth-order valence-electron chi connectivity index (χ4n) is 2.93. The Hall–Kier alpha value is -1.42. The van der Waals surface area contributed by atoms with Crippen LogP contribution in [0.2, 0.25) is 0 Å². The van der Waals surface area contributed by atoms with E-state index < -0.39 is 0 Å². The maximum atomic E-state index is 6.32. The van der Waals surface area contributed by atoms with Crippen molar-refractivity contribution < 1.29 is 14.2 Å². The number of nitrogens with one attached hydrogen (secondary N) is 1. The standard InChI is InChI=1S/C16H25NO3/c1-6-16(7-2)10-12(17-3)11-8-14(18-4)15(19-5)9-13(11)20-16/h8-9,12,17H,6-7,10H2,1-5H3. The molecule has 2 rings (SSSR count). The second kappa shape index (κ2) is 5.92. The number of hydrogen-bond donors (Lipinski definition) is 1. The minimum Gasteiger partial charge on any atom is -0.493 e. The second-order valence-electron chi connectivity index (χ2n) is 5.28. The molecule has 1 N–H and O–H groups in total. The molecule has 1 unspecified atom stereocenters. The highest BCUT2D eigenvalue weighted by Crippen LogP contribution is 2.46. The van der Waals surface area contributed by atoms with Crippen LogP contribution in [-0.2, 0) is 0 Å². The molecule has 0 aromatic heterocycles. The molecule has 4 heteroatoms. The molecule has 0 spiro atoms. The number of hydrogen-bond acceptors (Lipinski definition) is 4. The van der Waals surface area contributed by atoms with Crippen LogP contribution in [0.3, 0.4) is 0 Å². The van der Waals surface area contributed by atoms with Crippen LogP contribution in [0.5, 0.6) is 17.2 Å². The molecule has 1 aromatic rings. The van der Waals surface area contributed by atoms with E-state index in [1.165, 1.54) is 0 Å². The van der Waals surface area contributed by atoms with Gasteiger partial charge in [-0.05, 0) is 26.0 Å². The molecule has 20 heavy (non-hydrogen) atoms. The molecule has 0 saturated carbocycles. The van der Waals surface area contributed by atoms with Crippen LogP contribution in [0, 0.1) is 0 Å². The van der Waals surface area contributed by atoms with E-state index >= 15 is 0 Å². The summed E-state index contributed by atoms with van der Waals surface area (Å²) in [5, 5.41) is 3.40. The smallest absolute Gasteiger partial charge is 0.164 e. The molecule has 112 valence electrons. The van der Waals surface area contributed by atoms with Crippen molar-refractivity contribution >= 4 is 0 Å². The summed E-state index contributed by atoms with van der Waals surface area (Å²) < 4.78 is 17.1. The van der Waals surface area contributed by atoms with E-state index in [-0.39, 0.29) is 11.6 Å². The van der Waals surface area contributed by atoms with Gasteiger partial charge in [0.2, 0.25) is 0 Å². The Bertz CT molecular complexity index is 469. The zero-order valence-corrected chi connectivity index (χ0v) is 13.1. The first kappa shape index (κ1) is 15.0. The Balaban J connectivity index is 2.50. The Morgan fingerprint density at radius 3 is 2.30 bits per heavy atom. The molecular formula is C16H25NO3. The zero-order chi connectivity index (χ0) is 14.8. The first-order chi connectivity index (χ1) is 9.62. The summed E-state index contributed by atoms with van der Waals surface area (Å²) in [4.78, 5) is 0. The third kappa shape index (κ3) is 2.44. The SMILES string of the molecule is CCC1(CC)CC(NC)c2cc(OC)c(OC)cc2O1. The van der Waals surface area contributed by atoms with Crippen molar-refractivity contribution in [3.63, 3.8) is 0 Å². The minimum absolute atomic E-state index is 0.0969. The summed E-state index contributed by atoms with van der Waals surface area (Å²) in [5.74, 6) is 2.36. The lowest BCUT2D eigenvalue weighted by molar-refractivity contribution is 0.0235. The van der Waals surface area contributed by atoms with Gasteiger partial charge in [-0.2, -0.15) is 0 Å². The summed E-state index contributed by atoms with van der Waals surface area (Å²) in [6.07, 6.45) is 2.96. The normalized spacial score (nSPS) is 19.9. The predicted molar refractivity (Wildman–Crippen MR) is 79.9 cm³/mol. The molecule has 0 saturated heterocycles. The van der Waals surface area contributed by atoms with Crippen molar-refractivity contribution in [1.82, 2.24) is 5.32 Å². The van der Waals surface area contributed by atoms with E-state index in [1.54, 1.807) is 14.2 Å². The van der Waals surface area contributed by atoms with Gasteiger partial charge < -0.3 is 19.5 Å². The van der Waals surface area contributed by atoms with E-state index in [1.807, 2.05) is 19.2 Å². The predicted octanol–water partition coefficient (Wildman–Crippen LogP) is 3.31. The average Bonchev–Trinajstić information content (AvgIpc) is 2.52. The molecule has 1 aliphatic heterocycles. The zero-order valence-electron chi connectivity index (χ0n) is 13.1. The fraction of sp³-hybridized carbons (Fsp3) is 0.625. The molecule has 1 aromatic carbocycles. The second-order valence-corrected chi connectivity index (χ2v) is 5.28. The molecular weight excluding hydrogens is 254 g/mol. The maximum absolute atomic E-state index is 6.32. The lowest BCUT2D eigenvalue weighted by Gasteiger charge is -2.41. The highest BCUT2D eigenvalue weighted by Gasteiger charge is 2.38. The van der Waals surface area contributed by atoms with Gasteiger partial charge in [-0.15, -0.1) is 0 Å². The van der Waals surface area contributed by atoms with Crippen molar-refractivity contribution in [2.45, 2.75) is 44.8 Å². The van der Waals surface area contributed by atoms with Crippen LogP contribution in [0.15, 0.2) is 12.1 Å². The molecule has 0 bridgehead atoms. The monoisotopic (exact) mass is 279 g/mol. The van der Waals surface area contributed by atoms with Crippen LogP contribution in [0.1, 0.15) is 44.7 Å². The van der Waals surface area contributed by atoms with Crippen molar-refractivity contribution in [3.8, 4) is 17.2 Å². The van der Waals surface area contributed by atoms with Gasteiger partial charge in [0.05, 0.1) is 14.2 Å². The van der Waals surface area contributed by atoms with Gasteiger partial charge in [-0.1, -0.05) is 13.8 Å². The lowest BCUT2D eigenvalue weighted by atomic mass is 9.83. The molecule has 1 aliphatic rings. The van der Waals surface area contributed by atoms with Gasteiger partial charge >= 0.3 is 0 Å². The van der Waals surface area contributed by atoms with E-state index in [4.69, 9.17) is 14.2 Å². The summed E-state index contributed by atoms with van der Waals surface area (Å²) >= 11 is 0. The Morgan fingerprint density at radius 2 is 1.80 bits per heavy atom. The van der Waals surface area contributed by atoms with Gasteiger partial charge in [0.15, 0.2) is 11.5 Å². The van der Waals surface area contributed by atoms with E-state index in [0.717, 1.165) is 36.3 Å². The summed E-state index contributed by atoms with van der Waals surface area (Å²) in [6.45, 7) is 4.37. The molecule has 0 fully saturated rings. The number of benzene rings is 1. The molecule has 0 amide bonds. The Kier molecular flexibility index (Phi) is 4.43. The first-order valence-corrected chi connectivity index (χ1v) is 7.25. The Morgan fingerprint density at radius 1 is 1.20 bits per heavy atom. The highest BCUT2D eigenvalue weighted by atomic mass is 16.5. The largest absolute Gasteiger partial charge is 0.493 e. The molecule has 4 nitrogen and oxygen atoms in total. The van der Waals surface area contributed by atoms with Crippen molar-refractivity contribution in [3.05, 3.63) is 17.7 Å². The van der Waals surface area contributed by atoms with Gasteiger partial charge in [-0.3, -0.25) is 0 Å². The number of fused-ring (bicyclic) bond motifs is 1. The number of rotatable bonds is 5. The van der Waals surface area contributed by atoms with Crippen LogP contribution < -0.4 is 19.5 Å². The van der Waals surface area contributed by atoms with Gasteiger partial charge in [0.1, 0.15) is 11.4 Å². The average molecular weight is 279 g/mol. The van der Waals surface area contributed by atoms with Gasteiger partial charge in [0.25, 0.3) is 0 Å². The number of ether oxygens (including phenoxy) is 3. The van der Waals surface area contributed by atoms with Crippen LogP contribution in [0.25, 0.3) is 0 Å². The van der Waals surface area contributed by atoms with Gasteiger partial charge in [-0.25, -0.2) is 0 Å². The molecule has 1 heterocycles. The van der Waals surface area contributed by atoms with Crippen molar-refractivity contribution in [2.75, 3.05) is 21.3 Å². The Labute approximate surface area is 121 Å².